The third kappa shape index (κ3) is 5.02. The quantitative estimate of drug-likeness (QED) is 0.579. The van der Waals surface area contributed by atoms with Gasteiger partial charge in [0.25, 0.3) is 5.69 Å². The zero-order chi connectivity index (χ0) is 17.9. The highest BCUT2D eigenvalue weighted by molar-refractivity contribution is 5.95. The van der Waals surface area contributed by atoms with E-state index in [2.05, 4.69) is 10.6 Å². The van der Waals surface area contributed by atoms with E-state index in [0.717, 1.165) is 24.0 Å². The van der Waals surface area contributed by atoms with Gasteiger partial charge in [-0.05, 0) is 50.9 Å². The van der Waals surface area contributed by atoms with E-state index in [1.807, 2.05) is 6.92 Å². The summed E-state index contributed by atoms with van der Waals surface area (Å²) in [6.07, 6.45) is 2.01. The SMILES string of the molecule is Cc1cc(NC(=O)CN(C)CC(=O)NC2CC2)c([N+](=O)[O-])cc1C. The van der Waals surface area contributed by atoms with Gasteiger partial charge >= 0.3 is 0 Å². The topological polar surface area (TPSA) is 105 Å². The van der Waals surface area contributed by atoms with E-state index < -0.39 is 10.8 Å². The highest BCUT2D eigenvalue weighted by Gasteiger charge is 2.24. The molecule has 0 atom stereocenters. The highest BCUT2D eigenvalue weighted by Crippen LogP contribution is 2.27. The largest absolute Gasteiger partial charge is 0.352 e. The van der Waals surface area contributed by atoms with Gasteiger partial charge in [-0.1, -0.05) is 0 Å². The van der Waals surface area contributed by atoms with Gasteiger partial charge in [-0.3, -0.25) is 24.6 Å². The number of nitrogens with one attached hydrogen (secondary N) is 2. The first-order valence-electron chi connectivity index (χ1n) is 7.79. The Balaban J connectivity index is 1.94. The second-order valence-corrected chi connectivity index (χ2v) is 6.27. The summed E-state index contributed by atoms with van der Waals surface area (Å²) in [6.45, 7) is 3.68. The molecule has 0 aliphatic heterocycles. The predicted molar refractivity (Wildman–Crippen MR) is 89.9 cm³/mol. The standard InChI is InChI=1S/C16H22N4O4/c1-10-6-13(14(20(23)24)7-11(10)2)18-16(22)9-19(3)8-15(21)17-12-4-5-12/h6-7,12H,4-5,8-9H2,1-3H3,(H,17,21)(H,18,22). The van der Waals surface area contributed by atoms with Gasteiger partial charge in [-0.15, -0.1) is 0 Å². The number of carbonyl (C=O) groups is 2. The van der Waals surface area contributed by atoms with Crippen molar-refractivity contribution in [3.63, 3.8) is 0 Å². The molecule has 1 aliphatic carbocycles. The van der Waals surface area contributed by atoms with Crippen molar-refractivity contribution in [2.75, 3.05) is 25.5 Å². The van der Waals surface area contributed by atoms with Crippen molar-refractivity contribution in [1.29, 1.82) is 0 Å². The smallest absolute Gasteiger partial charge is 0.293 e. The van der Waals surface area contributed by atoms with Crippen LogP contribution in [0.3, 0.4) is 0 Å². The number of nitro benzene ring substituents is 1. The Morgan fingerprint density at radius 2 is 1.79 bits per heavy atom. The van der Waals surface area contributed by atoms with Crippen molar-refractivity contribution in [3.05, 3.63) is 33.4 Å². The van der Waals surface area contributed by atoms with E-state index in [1.165, 1.54) is 6.07 Å². The molecule has 0 unspecified atom stereocenters. The number of nitrogens with zero attached hydrogens (tertiary/aromatic N) is 2. The summed E-state index contributed by atoms with van der Waals surface area (Å²) < 4.78 is 0. The predicted octanol–water partition coefficient (Wildman–Crippen LogP) is 1.36. The summed E-state index contributed by atoms with van der Waals surface area (Å²) in [5, 5.41) is 16.5. The van der Waals surface area contributed by atoms with Crippen LogP contribution in [0.15, 0.2) is 12.1 Å². The molecule has 1 aromatic carbocycles. The average molecular weight is 334 g/mol. The maximum Gasteiger partial charge on any atom is 0.293 e. The summed E-state index contributed by atoms with van der Waals surface area (Å²) in [6, 6.07) is 3.31. The van der Waals surface area contributed by atoms with Crippen LogP contribution in [0.5, 0.6) is 0 Å². The van der Waals surface area contributed by atoms with Crippen LogP contribution in [0.1, 0.15) is 24.0 Å². The normalized spacial score (nSPS) is 13.7. The second-order valence-electron chi connectivity index (χ2n) is 6.27. The molecule has 8 nitrogen and oxygen atoms in total. The molecule has 24 heavy (non-hydrogen) atoms. The fourth-order valence-electron chi connectivity index (χ4n) is 2.29. The van der Waals surface area contributed by atoms with Gasteiger partial charge in [0.2, 0.25) is 11.8 Å². The van der Waals surface area contributed by atoms with Gasteiger partial charge in [-0.2, -0.15) is 0 Å². The summed E-state index contributed by atoms with van der Waals surface area (Å²) in [5.41, 5.74) is 1.67. The zero-order valence-electron chi connectivity index (χ0n) is 14.1. The molecule has 1 saturated carbocycles. The van der Waals surface area contributed by atoms with Crippen LogP contribution in [0.25, 0.3) is 0 Å². The van der Waals surface area contributed by atoms with Crippen molar-refractivity contribution < 1.29 is 14.5 Å². The van der Waals surface area contributed by atoms with Crippen LogP contribution in [0.2, 0.25) is 0 Å². The van der Waals surface area contributed by atoms with E-state index in [1.54, 1.807) is 24.9 Å². The van der Waals surface area contributed by atoms with E-state index in [4.69, 9.17) is 0 Å². The molecular formula is C16H22N4O4. The van der Waals surface area contributed by atoms with Gasteiger partial charge in [0.15, 0.2) is 0 Å². The van der Waals surface area contributed by atoms with Gasteiger partial charge in [0.05, 0.1) is 18.0 Å². The summed E-state index contributed by atoms with van der Waals surface area (Å²) in [5.74, 6) is -0.520. The van der Waals surface area contributed by atoms with Crippen LogP contribution >= 0.6 is 0 Å². The molecule has 8 heteroatoms. The minimum atomic E-state index is -0.519. The van der Waals surface area contributed by atoms with Crippen LogP contribution in [0.4, 0.5) is 11.4 Å². The Labute approximate surface area is 140 Å². The maximum atomic E-state index is 12.1. The zero-order valence-corrected chi connectivity index (χ0v) is 14.1. The average Bonchev–Trinajstić information content (AvgIpc) is 3.25. The first-order chi connectivity index (χ1) is 11.3. The number of anilines is 1. The van der Waals surface area contributed by atoms with E-state index in [-0.39, 0.29) is 36.4 Å². The third-order valence-corrected chi connectivity index (χ3v) is 3.85. The lowest BCUT2D eigenvalue weighted by atomic mass is 10.1. The number of likely N-dealkylation sites (N-methyl/N-ethyl adjacent to an activating group) is 1. The van der Waals surface area contributed by atoms with E-state index in [0.29, 0.717) is 0 Å². The number of amides is 2. The Bertz CT molecular complexity index is 670. The molecule has 0 saturated heterocycles. The minimum Gasteiger partial charge on any atom is -0.352 e. The summed E-state index contributed by atoms with van der Waals surface area (Å²) in [4.78, 5) is 36.0. The van der Waals surface area contributed by atoms with Gasteiger partial charge < -0.3 is 10.6 Å². The maximum absolute atomic E-state index is 12.1. The van der Waals surface area contributed by atoms with E-state index >= 15 is 0 Å². The molecule has 0 radical (unpaired) electrons. The molecule has 2 amide bonds. The van der Waals surface area contributed by atoms with Crippen molar-refractivity contribution in [1.82, 2.24) is 10.2 Å². The number of carbonyl (C=O) groups excluding carboxylic acids is 2. The minimum absolute atomic E-state index is 0.0256. The molecular weight excluding hydrogens is 312 g/mol. The monoisotopic (exact) mass is 334 g/mol. The molecule has 0 aromatic heterocycles. The molecule has 1 aliphatic rings. The molecule has 1 aromatic rings. The Morgan fingerprint density at radius 3 is 2.38 bits per heavy atom. The number of rotatable bonds is 7. The molecule has 2 rings (SSSR count). The van der Waals surface area contributed by atoms with Gasteiger partial charge in [0, 0.05) is 12.1 Å². The number of hydrogen-bond acceptors (Lipinski definition) is 5. The molecule has 2 N–H and O–H groups in total. The molecule has 130 valence electrons. The van der Waals surface area contributed by atoms with Crippen molar-refractivity contribution in [3.8, 4) is 0 Å². The van der Waals surface area contributed by atoms with Crippen LogP contribution in [-0.4, -0.2) is 47.8 Å². The first-order valence-corrected chi connectivity index (χ1v) is 7.79. The fourth-order valence-corrected chi connectivity index (χ4v) is 2.29. The van der Waals surface area contributed by atoms with Gasteiger partial charge in [0.1, 0.15) is 5.69 Å². The fraction of sp³-hybridized carbons (Fsp3) is 0.500. The van der Waals surface area contributed by atoms with E-state index in [9.17, 15) is 19.7 Å². The van der Waals surface area contributed by atoms with Crippen molar-refractivity contribution >= 4 is 23.2 Å². The lowest BCUT2D eigenvalue weighted by molar-refractivity contribution is -0.384. The Hall–Kier alpha value is -2.48. The highest BCUT2D eigenvalue weighted by atomic mass is 16.6. The lowest BCUT2D eigenvalue weighted by Crippen LogP contribution is -2.39. The Morgan fingerprint density at radius 1 is 1.21 bits per heavy atom. The number of benzene rings is 1. The van der Waals surface area contributed by atoms with Gasteiger partial charge in [-0.25, -0.2) is 0 Å². The number of hydrogen-bond donors (Lipinski definition) is 2. The van der Waals surface area contributed by atoms with Crippen LogP contribution in [-0.2, 0) is 9.59 Å². The lowest BCUT2D eigenvalue weighted by Gasteiger charge is -2.16. The Kier molecular flexibility index (Phi) is 5.50. The van der Waals surface area contributed by atoms with Crippen molar-refractivity contribution in [2.45, 2.75) is 32.7 Å². The molecule has 0 bridgehead atoms. The van der Waals surface area contributed by atoms with Crippen LogP contribution < -0.4 is 10.6 Å². The molecule has 0 heterocycles. The summed E-state index contributed by atoms with van der Waals surface area (Å²) >= 11 is 0. The molecule has 1 fully saturated rings. The van der Waals surface area contributed by atoms with Crippen molar-refractivity contribution in [2.24, 2.45) is 0 Å². The first kappa shape index (κ1) is 17.9. The summed E-state index contributed by atoms with van der Waals surface area (Å²) in [7, 11) is 1.65. The number of nitro groups is 1. The third-order valence-electron chi connectivity index (χ3n) is 3.85. The second kappa shape index (κ2) is 7.39. The number of aryl methyl sites for hydroxylation is 2. The molecule has 0 spiro atoms. The van der Waals surface area contributed by atoms with Crippen LogP contribution in [0, 0.1) is 24.0 Å².